The highest BCUT2D eigenvalue weighted by molar-refractivity contribution is 7.89. The van der Waals surface area contributed by atoms with Crippen LogP contribution in [-0.2, 0) is 10.0 Å². The maximum Gasteiger partial charge on any atom is 0.244 e. The van der Waals surface area contributed by atoms with E-state index in [2.05, 4.69) is 24.1 Å². The molecule has 2 atom stereocenters. The minimum absolute atomic E-state index is 0.289. The van der Waals surface area contributed by atoms with Gasteiger partial charge < -0.3 is 5.32 Å². The molecule has 2 heterocycles. The van der Waals surface area contributed by atoms with Gasteiger partial charge in [0.1, 0.15) is 4.90 Å². The average Bonchev–Trinajstić information content (AvgIpc) is 2.48. The van der Waals surface area contributed by atoms with Gasteiger partial charge in [-0.25, -0.2) is 8.42 Å². The van der Waals surface area contributed by atoms with Crippen molar-refractivity contribution in [2.75, 3.05) is 19.6 Å². The van der Waals surface area contributed by atoms with E-state index in [1.54, 1.807) is 22.6 Å². The van der Waals surface area contributed by atoms with Crippen LogP contribution in [0.5, 0.6) is 0 Å². The van der Waals surface area contributed by atoms with Crippen LogP contribution in [0.1, 0.15) is 26.7 Å². The largest absolute Gasteiger partial charge is 0.314 e. The molecule has 1 saturated heterocycles. The van der Waals surface area contributed by atoms with Crippen molar-refractivity contribution in [3.63, 3.8) is 0 Å². The number of nitrogens with one attached hydrogen (secondary N) is 1. The fourth-order valence-electron chi connectivity index (χ4n) is 2.81. The van der Waals surface area contributed by atoms with Gasteiger partial charge >= 0.3 is 0 Å². The molecule has 0 radical (unpaired) electrons. The molecule has 2 unspecified atom stereocenters. The van der Waals surface area contributed by atoms with Gasteiger partial charge in [0.15, 0.2) is 0 Å². The second-order valence-corrected chi connectivity index (χ2v) is 7.11. The predicted molar refractivity (Wildman–Crippen MR) is 78.9 cm³/mol. The lowest BCUT2D eigenvalue weighted by molar-refractivity contribution is 0.204. The van der Waals surface area contributed by atoms with Gasteiger partial charge in [-0.15, -0.1) is 0 Å². The van der Waals surface area contributed by atoms with Crippen molar-refractivity contribution in [3.05, 3.63) is 24.5 Å². The van der Waals surface area contributed by atoms with Crippen LogP contribution in [0.3, 0.4) is 0 Å². The number of pyridine rings is 1. The molecule has 1 aromatic rings. The third kappa shape index (κ3) is 3.19. The molecule has 0 aromatic carbocycles. The fraction of sp³-hybridized carbons (Fsp3) is 0.643. The Morgan fingerprint density at radius 2 is 2.25 bits per heavy atom. The fourth-order valence-corrected chi connectivity index (χ4v) is 4.29. The van der Waals surface area contributed by atoms with Crippen LogP contribution in [0.4, 0.5) is 0 Å². The van der Waals surface area contributed by atoms with Gasteiger partial charge in [0.05, 0.1) is 0 Å². The standard InChI is InChI=1S/C14H23N3O2S/c1-3-12-11-17(9-7-14(12)16-4-2)20(18,19)13-6-5-8-15-10-13/h5-6,8,10,12,14,16H,3-4,7,9,11H2,1-2H3. The van der Waals surface area contributed by atoms with Crippen molar-refractivity contribution >= 4 is 10.0 Å². The molecule has 2 rings (SSSR count). The van der Waals surface area contributed by atoms with Gasteiger partial charge in [-0.2, -0.15) is 4.31 Å². The normalized spacial score (nSPS) is 24.7. The number of sulfonamides is 1. The van der Waals surface area contributed by atoms with Crippen LogP contribution < -0.4 is 5.32 Å². The minimum Gasteiger partial charge on any atom is -0.314 e. The Morgan fingerprint density at radius 1 is 1.45 bits per heavy atom. The molecule has 0 amide bonds. The van der Waals surface area contributed by atoms with E-state index in [4.69, 9.17) is 0 Å². The molecule has 0 bridgehead atoms. The SMILES string of the molecule is CCNC1CCN(S(=O)(=O)c2cccnc2)CC1CC. The summed E-state index contributed by atoms with van der Waals surface area (Å²) in [5.41, 5.74) is 0. The van der Waals surface area contributed by atoms with Gasteiger partial charge in [0.2, 0.25) is 10.0 Å². The second-order valence-electron chi connectivity index (χ2n) is 5.17. The number of hydrogen-bond donors (Lipinski definition) is 1. The lowest BCUT2D eigenvalue weighted by Crippen LogP contribution is -2.50. The molecule has 0 saturated carbocycles. The molecule has 5 nitrogen and oxygen atoms in total. The summed E-state index contributed by atoms with van der Waals surface area (Å²) in [6.45, 7) is 6.30. The Bertz CT molecular complexity index is 518. The van der Waals surface area contributed by atoms with Crippen molar-refractivity contribution in [1.29, 1.82) is 0 Å². The Kier molecular flexibility index (Phi) is 5.12. The Hall–Kier alpha value is -0.980. The Balaban J connectivity index is 2.15. The van der Waals surface area contributed by atoms with E-state index in [0.29, 0.717) is 25.0 Å². The topological polar surface area (TPSA) is 62.3 Å². The zero-order valence-electron chi connectivity index (χ0n) is 12.1. The molecule has 1 aromatic heterocycles. The summed E-state index contributed by atoms with van der Waals surface area (Å²) in [7, 11) is -3.40. The minimum atomic E-state index is -3.40. The highest BCUT2D eigenvalue weighted by Crippen LogP contribution is 2.25. The van der Waals surface area contributed by atoms with Gasteiger partial charge in [-0.3, -0.25) is 4.98 Å². The molecule has 1 N–H and O–H groups in total. The van der Waals surface area contributed by atoms with E-state index >= 15 is 0 Å². The smallest absolute Gasteiger partial charge is 0.244 e. The number of aromatic nitrogens is 1. The first-order valence-electron chi connectivity index (χ1n) is 7.23. The van der Waals surface area contributed by atoms with Crippen LogP contribution in [0.15, 0.2) is 29.4 Å². The van der Waals surface area contributed by atoms with Gasteiger partial charge in [0, 0.05) is 31.5 Å². The summed E-state index contributed by atoms with van der Waals surface area (Å²) in [4.78, 5) is 4.20. The molecular weight excluding hydrogens is 274 g/mol. The molecular formula is C14H23N3O2S. The number of hydrogen-bond acceptors (Lipinski definition) is 4. The van der Waals surface area contributed by atoms with Crippen LogP contribution in [0, 0.1) is 5.92 Å². The molecule has 0 aliphatic carbocycles. The van der Waals surface area contributed by atoms with E-state index in [1.165, 1.54) is 6.20 Å². The third-order valence-corrected chi connectivity index (χ3v) is 5.81. The van der Waals surface area contributed by atoms with Crippen LogP contribution in [-0.4, -0.2) is 43.4 Å². The molecule has 20 heavy (non-hydrogen) atoms. The second kappa shape index (κ2) is 6.65. The van der Waals surface area contributed by atoms with Crippen LogP contribution in [0.2, 0.25) is 0 Å². The molecule has 0 spiro atoms. The maximum atomic E-state index is 12.6. The van der Waals surface area contributed by atoms with Gasteiger partial charge in [-0.1, -0.05) is 20.3 Å². The quantitative estimate of drug-likeness (QED) is 0.894. The number of rotatable bonds is 5. The van der Waals surface area contributed by atoms with E-state index in [-0.39, 0.29) is 4.90 Å². The van der Waals surface area contributed by atoms with Crippen molar-refractivity contribution in [2.24, 2.45) is 5.92 Å². The van der Waals surface area contributed by atoms with Crippen molar-refractivity contribution < 1.29 is 8.42 Å². The summed E-state index contributed by atoms with van der Waals surface area (Å²) in [5, 5.41) is 3.46. The molecule has 1 aliphatic rings. The summed E-state index contributed by atoms with van der Waals surface area (Å²) in [5.74, 6) is 0.371. The van der Waals surface area contributed by atoms with Crippen LogP contribution >= 0.6 is 0 Å². The average molecular weight is 297 g/mol. The number of piperidine rings is 1. The lowest BCUT2D eigenvalue weighted by atomic mass is 9.91. The van der Waals surface area contributed by atoms with E-state index in [9.17, 15) is 8.42 Å². The Labute approximate surface area is 121 Å². The molecule has 1 fully saturated rings. The van der Waals surface area contributed by atoms with E-state index < -0.39 is 10.0 Å². The maximum absolute atomic E-state index is 12.6. The third-order valence-electron chi connectivity index (χ3n) is 3.96. The first-order chi connectivity index (χ1) is 9.59. The van der Waals surface area contributed by atoms with Crippen LogP contribution in [0.25, 0.3) is 0 Å². The zero-order valence-corrected chi connectivity index (χ0v) is 12.9. The summed E-state index contributed by atoms with van der Waals surface area (Å²) < 4.78 is 26.8. The monoisotopic (exact) mass is 297 g/mol. The highest BCUT2D eigenvalue weighted by Gasteiger charge is 2.34. The van der Waals surface area contributed by atoms with Crippen molar-refractivity contribution in [3.8, 4) is 0 Å². The predicted octanol–water partition coefficient (Wildman–Crippen LogP) is 1.48. The van der Waals surface area contributed by atoms with Gasteiger partial charge in [0.25, 0.3) is 0 Å². The van der Waals surface area contributed by atoms with Gasteiger partial charge in [-0.05, 0) is 31.0 Å². The first kappa shape index (κ1) is 15.4. The van der Waals surface area contributed by atoms with E-state index in [1.807, 2.05) is 0 Å². The van der Waals surface area contributed by atoms with Crippen molar-refractivity contribution in [2.45, 2.75) is 37.6 Å². The lowest BCUT2D eigenvalue weighted by Gasteiger charge is -2.37. The van der Waals surface area contributed by atoms with Crippen molar-refractivity contribution in [1.82, 2.24) is 14.6 Å². The highest BCUT2D eigenvalue weighted by atomic mass is 32.2. The Morgan fingerprint density at radius 3 is 2.85 bits per heavy atom. The molecule has 1 aliphatic heterocycles. The molecule has 112 valence electrons. The first-order valence-corrected chi connectivity index (χ1v) is 8.67. The summed E-state index contributed by atoms with van der Waals surface area (Å²) in [6, 6.07) is 3.69. The summed E-state index contributed by atoms with van der Waals surface area (Å²) >= 11 is 0. The van der Waals surface area contributed by atoms with E-state index in [0.717, 1.165) is 19.4 Å². The summed E-state index contributed by atoms with van der Waals surface area (Å²) in [6.07, 6.45) is 4.86. The zero-order chi connectivity index (χ0) is 14.6. The molecule has 6 heteroatoms. The number of nitrogens with zero attached hydrogens (tertiary/aromatic N) is 2.